The van der Waals surface area contributed by atoms with Crippen molar-refractivity contribution in [2.45, 2.75) is 80.1 Å². The summed E-state index contributed by atoms with van der Waals surface area (Å²) in [5.41, 5.74) is 0.828. The molecule has 0 heteroatoms. The van der Waals surface area contributed by atoms with Gasteiger partial charge in [-0.2, -0.15) is 0 Å². The van der Waals surface area contributed by atoms with Crippen molar-refractivity contribution >= 4 is 0 Å². The molecule has 112 valence electrons. The van der Waals surface area contributed by atoms with Gasteiger partial charge in [-0.25, -0.2) is 0 Å². The van der Waals surface area contributed by atoms with Crippen molar-refractivity contribution in [3.63, 3.8) is 0 Å². The maximum Gasteiger partial charge on any atom is -0.0204 e. The van der Waals surface area contributed by atoms with Gasteiger partial charge in [0.15, 0.2) is 0 Å². The van der Waals surface area contributed by atoms with Gasteiger partial charge in [0.25, 0.3) is 0 Å². The quantitative estimate of drug-likeness (QED) is 0.468. The van der Waals surface area contributed by atoms with Crippen LogP contribution in [0.5, 0.6) is 0 Å². The van der Waals surface area contributed by atoms with Crippen LogP contribution in [-0.4, -0.2) is 0 Å². The van der Waals surface area contributed by atoms with Crippen molar-refractivity contribution < 1.29 is 0 Å². The van der Waals surface area contributed by atoms with E-state index < -0.39 is 0 Å². The molecule has 2 fully saturated rings. The van der Waals surface area contributed by atoms with Crippen LogP contribution in [0.1, 0.15) is 80.1 Å². The van der Waals surface area contributed by atoms with Gasteiger partial charge in [-0.3, -0.25) is 0 Å². The summed E-state index contributed by atoms with van der Waals surface area (Å²) < 4.78 is 0. The third kappa shape index (κ3) is 2.74. The molecule has 7 unspecified atom stereocenters. The minimum atomic E-state index is 0.828. The summed E-state index contributed by atoms with van der Waals surface area (Å²) in [4.78, 5) is 0. The highest BCUT2D eigenvalue weighted by molar-refractivity contribution is 5.26. The molecule has 0 aliphatic heterocycles. The van der Waals surface area contributed by atoms with Gasteiger partial charge in [0.1, 0.15) is 0 Å². The van der Waals surface area contributed by atoms with Crippen molar-refractivity contribution in [1.82, 2.24) is 0 Å². The molecule has 0 aromatic carbocycles. The monoisotopic (exact) mass is 264 g/mol. The molecule has 19 heavy (non-hydrogen) atoms. The lowest BCUT2D eigenvalue weighted by molar-refractivity contribution is 0.162. The minimum Gasteiger partial charge on any atom is -0.0654 e. The standard InChI is InChI=1S/C19H36/c1-7-9-13(3)10-11-17(15(5)14(4)8-2)19-12-18(19)16(19)6/h13-18H,7-12H2,1-6H3. The smallest absolute Gasteiger partial charge is 0.0204 e. The molecule has 0 aromatic heterocycles. The van der Waals surface area contributed by atoms with Crippen molar-refractivity contribution in [3.05, 3.63) is 0 Å². The largest absolute Gasteiger partial charge is 0.0654 e. The molecule has 2 rings (SSSR count). The van der Waals surface area contributed by atoms with Crippen molar-refractivity contribution in [2.24, 2.45) is 40.9 Å². The molecule has 0 spiro atoms. The zero-order valence-electron chi connectivity index (χ0n) is 14.2. The van der Waals surface area contributed by atoms with Gasteiger partial charge in [-0.1, -0.05) is 67.2 Å². The van der Waals surface area contributed by atoms with Crippen molar-refractivity contribution in [1.29, 1.82) is 0 Å². The van der Waals surface area contributed by atoms with Crippen LogP contribution in [0.25, 0.3) is 0 Å². The van der Waals surface area contributed by atoms with Crippen LogP contribution in [0.4, 0.5) is 0 Å². The normalized spacial score (nSPS) is 38.2. The number of rotatable bonds is 9. The van der Waals surface area contributed by atoms with Crippen LogP contribution >= 0.6 is 0 Å². The Hall–Kier alpha value is 0. The fraction of sp³-hybridized carbons (Fsp3) is 1.00. The van der Waals surface area contributed by atoms with E-state index in [0.29, 0.717) is 0 Å². The van der Waals surface area contributed by atoms with Gasteiger partial charge >= 0.3 is 0 Å². The predicted octanol–water partition coefficient (Wildman–Crippen LogP) is 6.16. The van der Waals surface area contributed by atoms with E-state index in [4.69, 9.17) is 0 Å². The highest BCUT2D eigenvalue weighted by atomic mass is 14.8. The van der Waals surface area contributed by atoms with Crippen LogP contribution in [0.3, 0.4) is 0 Å². The first-order valence-corrected chi connectivity index (χ1v) is 8.98. The zero-order chi connectivity index (χ0) is 14.2. The Morgan fingerprint density at radius 2 is 1.68 bits per heavy atom. The Labute approximate surface area is 121 Å². The van der Waals surface area contributed by atoms with Gasteiger partial charge < -0.3 is 0 Å². The molecule has 2 saturated carbocycles. The molecule has 2 aliphatic rings. The van der Waals surface area contributed by atoms with Gasteiger partial charge in [0.05, 0.1) is 0 Å². The second-order valence-corrected chi connectivity index (χ2v) is 8.03. The Morgan fingerprint density at radius 3 is 2.11 bits per heavy atom. The van der Waals surface area contributed by atoms with E-state index in [1.54, 1.807) is 6.42 Å². The Morgan fingerprint density at radius 1 is 1.05 bits per heavy atom. The van der Waals surface area contributed by atoms with Crippen LogP contribution in [-0.2, 0) is 0 Å². The average molecular weight is 264 g/mol. The lowest BCUT2D eigenvalue weighted by Gasteiger charge is -2.33. The van der Waals surface area contributed by atoms with E-state index in [1.807, 2.05) is 0 Å². The predicted molar refractivity (Wildman–Crippen MR) is 85.1 cm³/mol. The Balaban J connectivity index is 1.92. The number of fused-ring (bicyclic) bond motifs is 1. The highest BCUT2D eigenvalue weighted by Gasteiger charge is 2.78. The third-order valence-corrected chi connectivity index (χ3v) is 7.06. The molecule has 0 saturated heterocycles. The number of hydrogen-bond donors (Lipinski definition) is 0. The molecular formula is C19H36. The number of hydrogen-bond acceptors (Lipinski definition) is 0. The molecular weight excluding hydrogens is 228 g/mol. The van der Waals surface area contributed by atoms with Crippen LogP contribution in [0.2, 0.25) is 0 Å². The maximum atomic E-state index is 2.55. The van der Waals surface area contributed by atoms with E-state index in [1.165, 1.54) is 32.1 Å². The van der Waals surface area contributed by atoms with E-state index in [9.17, 15) is 0 Å². The minimum absolute atomic E-state index is 0.828. The first-order chi connectivity index (χ1) is 8.98. The Kier molecular flexibility index (Phi) is 4.68. The molecule has 0 amide bonds. The fourth-order valence-corrected chi connectivity index (χ4v) is 4.93. The highest BCUT2D eigenvalue weighted by Crippen LogP contribution is 2.84. The van der Waals surface area contributed by atoms with Crippen LogP contribution in [0, 0.1) is 40.9 Å². The molecule has 0 heterocycles. The van der Waals surface area contributed by atoms with Gasteiger partial charge in [-0.15, -0.1) is 0 Å². The van der Waals surface area contributed by atoms with Gasteiger partial charge in [0.2, 0.25) is 0 Å². The third-order valence-electron chi connectivity index (χ3n) is 7.06. The van der Waals surface area contributed by atoms with Crippen molar-refractivity contribution in [3.8, 4) is 0 Å². The molecule has 0 radical (unpaired) electrons. The lowest BCUT2D eigenvalue weighted by Crippen LogP contribution is -2.25. The summed E-state index contributed by atoms with van der Waals surface area (Å²) in [5.74, 6) is 6.01. The fourth-order valence-electron chi connectivity index (χ4n) is 4.93. The summed E-state index contributed by atoms with van der Waals surface area (Å²) >= 11 is 0. The van der Waals surface area contributed by atoms with Crippen molar-refractivity contribution in [2.75, 3.05) is 0 Å². The first kappa shape index (κ1) is 15.4. The summed E-state index contributed by atoms with van der Waals surface area (Å²) in [6.45, 7) is 14.7. The van der Waals surface area contributed by atoms with E-state index in [0.717, 1.165) is 40.9 Å². The lowest BCUT2D eigenvalue weighted by atomic mass is 9.72. The maximum absolute atomic E-state index is 2.55. The SMILES string of the molecule is CCCC(C)CCC(C(C)C(C)CC)C12CC1C2C. The molecule has 0 aromatic rings. The summed E-state index contributed by atoms with van der Waals surface area (Å²) in [6, 6.07) is 0. The average Bonchev–Trinajstić information content (AvgIpc) is 3.26. The second-order valence-electron chi connectivity index (χ2n) is 8.03. The molecule has 0 nitrogen and oxygen atoms in total. The molecule has 0 bridgehead atoms. The molecule has 0 N–H and O–H groups in total. The molecule has 7 atom stereocenters. The second kappa shape index (κ2) is 5.78. The summed E-state index contributed by atoms with van der Waals surface area (Å²) in [7, 11) is 0. The summed E-state index contributed by atoms with van der Waals surface area (Å²) in [6.07, 6.45) is 8.69. The topological polar surface area (TPSA) is 0 Å². The van der Waals surface area contributed by atoms with E-state index >= 15 is 0 Å². The van der Waals surface area contributed by atoms with E-state index in [2.05, 4.69) is 41.5 Å². The van der Waals surface area contributed by atoms with Crippen LogP contribution < -0.4 is 0 Å². The van der Waals surface area contributed by atoms with E-state index in [-0.39, 0.29) is 0 Å². The van der Waals surface area contributed by atoms with Gasteiger partial charge in [-0.05, 0) is 53.8 Å². The molecule has 2 aliphatic carbocycles. The van der Waals surface area contributed by atoms with Gasteiger partial charge in [0, 0.05) is 0 Å². The Bertz CT molecular complexity index is 288. The van der Waals surface area contributed by atoms with Crippen LogP contribution in [0.15, 0.2) is 0 Å². The zero-order valence-corrected chi connectivity index (χ0v) is 14.2. The first-order valence-electron chi connectivity index (χ1n) is 8.98. The summed E-state index contributed by atoms with van der Waals surface area (Å²) in [5, 5.41) is 0.